The predicted molar refractivity (Wildman–Crippen MR) is 65.3 cm³/mol. The zero-order valence-corrected chi connectivity index (χ0v) is 10.8. The van der Waals surface area contributed by atoms with Crippen LogP contribution in [-0.2, 0) is 9.53 Å². The zero-order valence-electron chi connectivity index (χ0n) is 10.0. The largest absolute Gasteiger partial charge is 0.461 e. The lowest BCUT2D eigenvalue weighted by Crippen LogP contribution is -2.27. The van der Waals surface area contributed by atoms with E-state index in [1.54, 1.807) is 31.3 Å². The van der Waals surface area contributed by atoms with Gasteiger partial charge in [-0.1, -0.05) is 0 Å². The van der Waals surface area contributed by atoms with E-state index in [0.717, 1.165) is 0 Å². The van der Waals surface area contributed by atoms with Gasteiger partial charge in [0.2, 0.25) is 5.91 Å². The molecule has 0 spiro atoms. The van der Waals surface area contributed by atoms with Gasteiger partial charge in [0.25, 0.3) is 0 Å². The van der Waals surface area contributed by atoms with Crippen LogP contribution < -0.4 is 5.32 Å². The van der Waals surface area contributed by atoms with Crippen LogP contribution in [0.2, 0.25) is 0 Å². The molecule has 17 heavy (non-hydrogen) atoms. The lowest BCUT2D eigenvalue weighted by atomic mass is 10.5. The summed E-state index contributed by atoms with van der Waals surface area (Å²) in [5, 5.41) is 4.57. The number of amides is 1. The molecule has 0 saturated carbocycles. The number of nitrogens with one attached hydrogen (secondary N) is 1. The maximum absolute atomic E-state index is 11.4. The lowest BCUT2D eigenvalue weighted by molar-refractivity contribution is -0.116. The van der Waals surface area contributed by atoms with Crippen LogP contribution in [0.15, 0.2) is 5.38 Å². The molecule has 0 aliphatic carbocycles. The van der Waals surface area contributed by atoms with E-state index in [4.69, 9.17) is 4.74 Å². The van der Waals surface area contributed by atoms with Gasteiger partial charge in [-0.15, -0.1) is 11.3 Å². The van der Waals surface area contributed by atoms with Crippen molar-refractivity contribution in [2.24, 2.45) is 0 Å². The highest BCUT2D eigenvalue weighted by Crippen LogP contribution is 2.15. The molecule has 1 N–H and O–H groups in total. The third-order valence-electron chi connectivity index (χ3n) is 1.69. The molecule has 1 amide bonds. The molecule has 7 heteroatoms. The van der Waals surface area contributed by atoms with Gasteiger partial charge < -0.3 is 15.0 Å². The molecule has 0 atom stereocenters. The van der Waals surface area contributed by atoms with Gasteiger partial charge in [0.1, 0.15) is 0 Å². The quantitative estimate of drug-likeness (QED) is 0.791. The Labute approximate surface area is 104 Å². The number of likely N-dealkylation sites (N-methyl/N-ethyl adjacent to an activating group) is 1. The van der Waals surface area contributed by atoms with E-state index in [0.29, 0.717) is 11.7 Å². The molecule has 6 nitrogen and oxygen atoms in total. The summed E-state index contributed by atoms with van der Waals surface area (Å²) >= 11 is 1.20. The van der Waals surface area contributed by atoms with Crippen molar-refractivity contribution in [2.45, 2.75) is 6.92 Å². The Kier molecular flexibility index (Phi) is 5.05. The van der Waals surface area contributed by atoms with Crippen LogP contribution in [0.5, 0.6) is 0 Å². The molecule has 0 aliphatic heterocycles. The third-order valence-corrected chi connectivity index (χ3v) is 2.45. The predicted octanol–water partition coefficient (Wildman–Crippen LogP) is 0.820. The minimum absolute atomic E-state index is 0.167. The van der Waals surface area contributed by atoms with Crippen molar-refractivity contribution in [3.8, 4) is 0 Å². The number of thiazole rings is 1. The first-order valence-corrected chi connectivity index (χ1v) is 5.98. The summed E-state index contributed by atoms with van der Waals surface area (Å²) in [5.41, 5.74) is 0.219. The zero-order chi connectivity index (χ0) is 12.8. The van der Waals surface area contributed by atoms with Crippen molar-refractivity contribution in [3.05, 3.63) is 11.1 Å². The number of rotatable bonds is 5. The number of hydrogen-bond donors (Lipinski definition) is 1. The molecule has 0 aliphatic rings. The summed E-state index contributed by atoms with van der Waals surface area (Å²) in [6.07, 6.45) is 0. The first-order valence-electron chi connectivity index (χ1n) is 5.10. The van der Waals surface area contributed by atoms with E-state index in [2.05, 4.69) is 10.3 Å². The first kappa shape index (κ1) is 13.6. The summed E-state index contributed by atoms with van der Waals surface area (Å²) in [7, 11) is 3.59. The summed E-state index contributed by atoms with van der Waals surface area (Å²) in [5.74, 6) is -0.642. The van der Waals surface area contributed by atoms with Crippen LogP contribution in [-0.4, -0.2) is 49.0 Å². The van der Waals surface area contributed by atoms with Gasteiger partial charge in [-0.25, -0.2) is 9.78 Å². The Hall–Kier alpha value is -1.47. The van der Waals surface area contributed by atoms with E-state index in [9.17, 15) is 9.59 Å². The van der Waals surface area contributed by atoms with Crippen molar-refractivity contribution in [1.29, 1.82) is 0 Å². The highest BCUT2D eigenvalue weighted by Gasteiger charge is 2.13. The standard InChI is InChI=1S/C10H15N3O3S/c1-4-16-9(15)7-6-17-10(11-7)12-8(14)5-13(2)3/h6H,4-5H2,1-3H3,(H,11,12,14). The average molecular weight is 257 g/mol. The summed E-state index contributed by atoms with van der Waals surface area (Å²) in [6, 6.07) is 0. The van der Waals surface area contributed by atoms with E-state index in [-0.39, 0.29) is 18.1 Å². The van der Waals surface area contributed by atoms with Crippen molar-refractivity contribution >= 4 is 28.3 Å². The second-order valence-electron chi connectivity index (χ2n) is 3.54. The van der Waals surface area contributed by atoms with Gasteiger partial charge in [-0.2, -0.15) is 0 Å². The van der Waals surface area contributed by atoms with Gasteiger partial charge in [-0.3, -0.25) is 4.79 Å². The van der Waals surface area contributed by atoms with Crippen LogP contribution in [0.1, 0.15) is 17.4 Å². The number of carbonyl (C=O) groups is 2. The van der Waals surface area contributed by atoms with Crippen molar-refractivity contribution in [1.82, 2.24) is 9.88 Å². The number of aromatic nitrogens is 1. The SMILES string of the molecule is CCOC(=O)c1csc(NC(=O)CN(C)C)n1. The molecule has 0 aromatic carbocycles. The van der Waals surface area contributed by atoms with Crippen LogP contribution in [0, 0.1) is 0 Å². The molecule has 0 radical (unpaired) electrons. The molecular formula is C10H15N3O3S. The Morgan fingerprint density at radius 2 is 2.24 bits per heavy atom. The average Bonchev–Trinajstić information content (AvgIpc) is 2.65. The van der Waals surface area contributed by atoms with E-state index in [1.165, 1.54) is 11.3 Å². The number of ether oxygens (including phenoxy) is 1. The van der Waals surface area contributed by atoms with Crippen molar-refractivity contribution in [2.75, 3.05) is 32.6 Å². The molecule has 1 rings (SSSR count). The Morgan fingerprint density at radius 3 is 2.82 bits per heavy atom. The second-order valence-corrected chi connectivity index (χ2v) is 4.40. The van der Waals surface area contributed by atoms with Crippen molar-refractivity contribution in [3.63, 3.8) is 0 Å². The van der Waals surface area contributed by atoms with Gasteiger partial charge >= 0.3 is 5.97 Å². The van der Waals surface area contributed by atoms with E-state index >= 15 is 0 Å². The summed E-state index contributed by atoms with van der Waals surface area (Å²) < 4.78 is 4.80. The number of anilines is 1. The Balaban J connectivity index is 2.56. The maximum atomic E-state index is 11.4. The lowest BCUT2D eigenvalue weighted by Gasteiger charge is -2.07. The minimum Gasteiger partial charge on any atom is -0.461 e. The topological polar surface area (TPSA) is 71.5 Å². The second kappa shape index (κ2) is 6.31. The smallest absolute Gasteiger partial charge is 0.357 e. The van der Waals surface area contributed by atoms with Crippen LogP contribution in [0.3, 0.4) is 0 Å². The molecule has 94 valence electrons. The first-order chi connectivity index (χ1) is 8.02. The summed E-state index contributed by atoms with van der Waals surface area (Å²) in [4.78, 5) is 28.5. The molecule has 1 heterocycles. The normalized spacial score (nSPS) is 10.4. The van der Waals surface area contributed by atoms with E-state index < -0.39 is 5.97 Å². The minimum atomic E-state index is -0.475. The molecule has 0 saturated heterocycles. The van der Waals surface area contributed by atoms with Gasteiger partial charge in [0, 0.05) is 5.38 Å². The number of hydrogen-bond acceptors (Lipinski definition) is 6. The van der Waals surface area contributed by atoms with Gasteiger partial charge in [-0.05, 0) is 21.0 Å². The number of esters is 1. The monoisotopic (exact) mass is 257 g/mol. The van der Waals surface area contributed by atoms with Crippen LogP contribution in [0.4, 0.5) is 5.13 Å². The molecule has 1 aromatic rings. The molecular weight excluding hydrogens is 242 g/mol. The van der Waals surface area contributed by atoms with Crippen LogP contribution >= 0.6 is 11.3 Å². The van der Waals surface area contributed by atoms with Gasteiger partial charge in [0.05, 0.1) is 13.2 Å². The Morgan fingerprint density at radius 1 is 1.53 bits per heavy atom. The molecule has 0 bridgehead atoms. The van der Waals surface area contributed by atoms with E-state index in [1.807, 2.05) is 0 Å². The Bertz CT molecular complexity index is 403. The van der Waals surface area contributed by atoms with Crippen molar-refractivity contribution < 1.29 is 14.3 Å². The number of nitrogens with zero attached hydrogens (tertiary/aromatic N) is 2. The maximum Gasteiger partial charge on any atom is 0.357 e. The fourth-order valence-corrected chi connectivity index (χ4v) is 1.77. The molecule has 0 fully saturated rings. The fraction of sp³-hybridized carbons (Fsp3) is 0.500. The van der Waals surface area contributed by atoms with Crippen LogP contribution in [0.25, 0.3) is 0 Å². The third kappa shape index (κ3) is 4.49. The fourth-order valence-electron chi connectivity index (χ4n) is 1.08. The van der Waals surface area contributed by atoms with Gasteiger partial charge in [0.15, 0.2) is 10.8 Å². The highest BCUT2D eigenvalue weighted by atomic mass is 32.1. The highest BCUT2D eigenvalue weighted by molar-refractivity contribution is 7.14. The summed E-state index contributed by atoms with van der Waals surface area (Å²) in [6.45, 7) is 2.30. The molecule has 1 aromatic heterocycles. The number of carbonyl (C=O) groups excluding carboxylic acids is 2. The molecule has 0 unspecified atom stereocenters.